The summed E-state index contributed by atoms with van der Waals surface area (Å²) in [6.45, 7) is 3.91. The summed E-state index contributed by atoms with van der Waals surface area (Å²) < 4.78 is 0. The fraction of sp³-hybridized carbons (Fsp3) is 0.550. The van der Waals surface area contributed by atoms with Crippen LogP contribution in [0.15, 0.2) is 18.2 Å². The van der Waals surface area contributed by atoms with E-state index in [1.807, 2.05) is 0 Å². The number of rotatable bonds is 3. The highest BCUT2D eigenvalue weighted by Crippen LogP contribution is 2.31. The Hall–Kier alpha value is -1.87. The summed E-state index contributed by atoms with van der Waals surface area (Å²) in [4.78, 5) is 40.5. The van der Waals surface area contributed by atoms with Crippen molar-refractivity contribution in [1.82, 2.24) is 20.9 Å². The lowest BCUT2D eigenvalue weighted by molar-refractivity contribution is -0.148. The Balaban J connectivity index is 1.50. The molecule has 3 saturated heterocycles. The van der Waals surface area contributed by atoms with Crippen LogP contribution in [0.1, 0.15) is 26.2 Å². The van der Waals surface area contributed by atoms with Crippen molar-refractivity contribution in [3.63, 3.8) is 0 Å². The molecular formula is C20H25Cl2N5O3. The van der Waals surface area contributed by atoms with E-state index in [4.69, 9.17) is 23.2 Å². The molecule has 162 valence electrons. The molecule has 5 atom stereocenters. The molecule has 4 N–H and O–H groups in total. The van der Waals surface area contributed by atoms with Crippen molar-refractivity contribution in [1.29, 1.82) is 0 Å². The summed E-state index contributed by atoms with van der Waals surface area (Å²) in [6, 6.07) is 4.73. The summed E-state index contributed by atoms with van der Waals surface area (Å²) in [7, 11) is 0. The van der Waals surface area contributed by atoms with E-state index in [9.17, 15) is 14.4 Å². The van der Waals surface area contributed by atoms with Crippen LogP contribution in [-0.4, -0.2) is 48.2 Å². The van der Waals surface area contributed by atoms with Crippen LogP contribution in [0.5, 0.6) is 0 Å². The number of benzene rings is 1. The lowest BCUT2D eigenvalue weighted by atomic mass is 9.81. The number of hydrogen-bond donors (Lipinski definition) is 4. The maximum Gasteiger partial charge on any atom is 0.229 e. The smallest absolute Gasteiger partial charge is 0.229 e. The number of anilines is 1. The Kier molecular flexibility index (Phi) is 6.20. The van der Waals surface area contributed by atoms with E-state index in [0.29, 0.717) is 21.7 Å². The second kappa shape index (κ2) is 8.70. The van der Waals surface area contributed by atoms with Gasteiger partial charge in [-0.25, -0.2) is 0 Å². The molecule has 30 heavy (non-hydrogen) atoms. The average molecular weight is 454 g/mol. The number of nitrogens with zero attached hydrogens (tertiary/aromatic N) is 1. The number of nitrogens with one attached hydrogen (secondary N) is 4. The standard InChI is InChI=1S/C20H25Cl2N5O3/c1-10-3-2-6-27(9-10)20-25-17-16(19(30)26-20)12(8-15(28)24-17)18(29)23-14-7-11(21)4-5-13(14)22/h4-5,7,10,12,16-17,20,25H,2-3,6,8-9H2,1H3,(H,23,29)(H,24,28)(H,26,30). The number of fused-ring (bicyclic) bond motifs is 1. The topological polar surface area (TPSA) is 103 Å². The fourth-order valence-corrected chi connectivity index (χ4v) is 4.87. The van der Waals surface area contributed by atoms with Gasteiger partial charge in [-0.2, -0.15) is 0 Å². The van der Waals surface area contributed by atoms with Crippen LogP contribution < -0.4 is 21.3 Å². The Morgan fingerprint density at radius 2 is 2.03 bits per heavy atom. The number of likely N-dealkylation sites (tertiary alicyclic amines) is 1. The van der Waals surface area contributed by atoms with E-state index in [1.54, 1.807) is 12.1 Å². The third kappa shape index (κ3) is 4.42. The molecule has 8 nitrogen and oxygen atoms in total. The van der Waals surface area contributed by atoms with E-state index in [1.165, 1.54) is 6.07 Å². The summed E-state index contributed by atoms with van der Waals surface area (Å²) in [6.07, 6.45) is 1.15. The second-order valence-corrected chi connectivity index (χ2v) is 9.16. The van der Waals surface area contributed by atoms with E-state index in [0.717, 1.165) is 25.9 Å². The minimum absolute atomic E-state index is 0.0777. The third-order valence-corrected chi connectivity index (χ3v) is 6.57. The highest BCUT2D eigenvalue weighted by atomic mass is 35.5. The van der Waals surface area contributed by atoms with Crippen molar-refractivity contribution < 1.29 is 14.4 Å². The van der Waals surface area contributed by atoms with Crippen molar-refractivity contribution in [3.05, 3.63) is 28.2 Å². The minimum Gasteiger partial charge on any atom is -0.340 e. The summed E-state index contributed by atoms with van der Waals surface area (Å²) in [5, 5.41) is 12.6. The maximum absolute atomic E-state index is 13.0. The highest BCUT2D eigenvalue weighted by Gasteiger charge is 2.49. The Labute approximate surface area is 185 Å². The summed E-state index contributed by atoms with van der Waals surface area (Å²) >= 11 is 12.1. The lowest BCUT2D eigenvalue weighted by Gasteiger charge is -2.47. The van der Waals surface area contributed by atoms with Crippen molar-refractivity contribution in [3.8, 4) is 0 Å². The van der Waals surface area contributed by atoms with Gasteiger partial charge in [0, 0.05) is 24.5 Å². The molecule has 5 unspecified atom stereocenters. The van der Waals surface area contributed by atoms with Crippen molar-refractivity contribution in [2.24, 2.45) is 17.8 Å². The predicted octanol–water partition coefficient (Wildman–Crippen LogP) is 1.75. The minimum atomic E-state index is -0.826. The Morgan fingerprint density at radius 3 is 2.80 bits per heavy atom. The molecule has 10 heteroatoms. The van der Waals surface area contributed by atoms with E-state index >= 15 is 0 Å². The molecule has 3 aliphatic heterocycles. The normalized spacial score (nSPS) is 32.0. The molecule has 0 radical (unpaired) electrons. The van der Waals surface area contributed by atoms with Crippen LogP contribution in [0.2, 0.25) is 10.0 Å². The molecule has 0 saturated carbocycles. The van der Waals surface area contributed by atoms with Gasteiger partial charge in [0.1, 0.15) is 6.29 Å². The number of hydrogen-bond acceptors (Lipinski definition) is 5. The number of carbonyl (C=O) groups excluding carboxylic acids is 3. The van der Waals surface area contributed by atoms with Gasteiger partial charge < -0.3 is 16.0 Å². The number of halogens is 2. The van der Waals surface area contributed by atoms with Crippen LogP contribution in [0.4, 0.5) is 5.69 Å². The Bertz CT molecular complexity index is 867. The number of amides is 3. The Morgan fingerprint density at radius 1 is 1.23 bits per heavy atom. The van der Waals surface area contributed by atoms with Gasteiger partial charge in [-0.3, -0.25) is 24.6 Å². The molecule has 0 aromatic heterocycles. The zero-order valence-corrected chi connectivity index (χ0v) is 18.1. The highest BCUT2D eigenvalue weighted by molar-refractivity contribution is 6.35. The van der Waals surface area contributed by atoms with Gasteiger partial charge in [0.25, 0.3) is 0 Å². The van der Waals surface area contributed by atoms with Crippen molar-refractivity contribution >= 4 is 46.6 Å². The van der Waals surface area contributed by atoms with Crippen LogP contribution in [0.3, 0.4) is 0 Å². The molecule has 0 bridgehead atoms. The fourth-order valence-electron chi connectivity index (χ4n) is 4.53. The number of piperidine rings is 2. The summed E-state index contributed by atoms with van der Waals surface area (Å²) in [5.41, 5.74) is 0.348. The van der Waals surface area contributed by atoms with Crippen LogP contribution in [0.25, 0.3) is 0 Å². The predicted molar refractivity (Wildman–Crippen MR) is 114 cm³/mol. The van der Waals surface area contributed by atoms with Crippen LogP contribution >= 0.6 is 23.2 Å². The molecule has 3 fully saturated rings. The summed E-state index contributed by atoms with van der Waals surface area (Å²) in [5.74, 6) is -1.98. The quantitative estimate of drug-likeness (QED) is 0.558. The molecule has 0 aliphatic carbocycles. The van der Waals surface area contributed by atoms with Crippen molar-refractivity contribution in [2.45, 2.75) is 38.6 Å². The van der Waals surface area contributed by atoms with Crippen LogP contribution in [0, 0.1) is 17.8 Å². The maximum atomic E-state index is 13.0. The first-order valence-corrected chi connectivity index (χ1v) is 10.9. The lowest BCUT2D eigenvalue weighted by Crippen LogP contribution is -2.74. The zero-order chi connectivity index (χ0) is 21.4. The van der Waals surface area contributed by atoms with E-state index in [2.05, 4.69) is 33.1 Å². The van der Waals surface area contributed by atoms with Gasteiger partial charge >= 0.3 is 0 Å². The molecule has 0 spiro atoms. The monoisotopic (exact) mass is 453 g/mol. The SMILES string of the molecule is CC1CCCN(C2NC(=O)C3C(NC(=O)CC3C(=O)Nc3cc(Cl)ccc3Cl)N2)C1. The second-order valence-electron chi connectivity index (χ2n) is 8.32. The largest absolute Gasteiger partial charge is 0.340 e. The third-order valence-electron chi connectivity index (χ3n) is 6.01. The van der Waals surface area contributed by atoms with Crippen molar-refractivity contribution in [2.75, 3.05) is 18.4 Å². The molecule has 1 aromatic carbocycles. The van der Waals surface area contributed by atoms with Crippen LogP contribution in [-0.2, 0) is 14.4 Å². The van der Waals surface area contributed by atoms with Gasteiger partial charge in [-0.15, -0.1) is 0 Å². The zero-order valence-electron chi connectivity index (χ0n) is 16.6. The first-order chi connectivity index (χ1) is 14.3. The van der Waals surface area contributed by atoms with Gasteiger partial charge in [-0.1, -0.05) is 30.1 Å². The van der Waals surface area contributed by atoms with E-state index < -0.39 is 23.9 Å². The molecule has 4 rings (SSSR count). The molecule has 1 aromatic rings. The first kappa shape index (κ1) is 21.4. The molecule has 3 amide bonds. The molecular weight excluding hydrogens is 429 g/mol. The molecule has 3 aliphatic rings. The first-order valence-electron chi connectivity index (χ1n) is 10.2. The van der Waals surface area contributed by atoms with Gasteiger partial charge in [0.2, 0.25) is 17.7 Å². The average Bonchev–Trinajstić information content (AvgIpc) is 2.69. The van der Waals surface area contributed by atoms with Gasteiger partial charge in [-0.05, 0) is 37.0 Å². The number of carbonyl (C=O) groups is 3. The van der Waals surface area contributed by atoms with Gasteiger partial charge in [0.05, 0.1) is 28.7 Å². The molecule has 3 heterocycles. The van der Waals surface area contributed by atoms with E-state index in [-0.39, 0.29) is 24.5 Å². The van der Waals surface area contributed by atoms with Gasteiger partial charge in [0.15, 0.2) is 0 Å².